The van der Waals surface area contributed by atoms with E-state index in [1.807, 2.05) is 90.8 Å². The van der Waals surface area contributed by atoms with Gasteiger partial charge in [-0.1, -0.05) is 24.3 Å². The number of imidazole rings is 1. The Balaban J connectivity index is 1.34. The lowest BCUT2D eigenvalue weighted by molar-refractivity contribution is -0.127. The molecule has 2 aromatic heterocycles. The normalized spacial score (nSPS) is 14.6. The van der Waals surface area contributed by atoms with Gasteiger partial charge in [-0.25, -0.2) is 9.50 Å². The summed E-state index contributed by atoms with van der Waals surface area (Å²) in [5, 5.41) is 3.17. The summed E-state index contributed by atoms with van der Waals surface area (Å²) in [6, 6.07) is 17.0. The summed E-state index contributed by atoms with van der Waals surface area (Å²) in [6.07, 6.45) is 7.09. The smallest absolute Gasteiger partial charge is 0.269 e. The number of para-hydroxylation sites is 1. The zero-order valence-corrected chi connectivity index (χ0v) is 21.6. The number of aromatic amines is 1. The van der Waals surface area contributed by atoms with E-state index in [9.17, 15) is 9.59 Å². The van der Waals surface area contributed by atoms with Gasteiger partial charge in [0.2, 0.25) is 5.91 Å². The van der Waals surface area contributed by atoms with Crippen molar-refractivity contribution < 1.29 is 14.3 Å². The second-order valence-corrected chi connectivity index (χ2v) is 9.76. The Morgan fingerprint density at radius 2 is 1.76 bits per heavy atom. The fraction of sp³-hybridized carbons (Fsp3) is 0.276. The van der Waals surface area contributed by atoms with Gasteiger partial charge in [-0.2, -0.15) is 0 Å². The maximum absolute atomic E-state index is 12.5. The summed E-state index contributed by atoms with van der Waals surface area (Å²) in [4.78, 5) is 33.8. The lowest BCUT2D eigenvalue weighted by Crippen LogP contribution is -2.37. The molecule has 38 heavy (non-hydrogen) atoms. The second kappa shape index (κ2) is 10.9. The van der Waals surface area contributed by atoms with Crippen LogP contribution in [0.5, 0.6) is 11.5 Å². The van der Waals surface area contributed by atoms with Crippen LogP contribution in [0.1, 0.15) is 34.8 Å². The van der Waals surface area contributed by atoms with Gasteiger partial charge in [-0.3, -0.25) is 14.7 Å². The van der Waals surface area contributed by atoms with Crippen LogP contribution in [0.2, 0.25) is 0 Å². The first-order chi connectivity index (χ1) is 18.4. The third-order valence-corrected chi connectivity index (χ3v) is 6.80. The maximum Gasteiger partial charge on any atom is 0.269 e. The van der Waals surface area contributed by atoms with Gasteiger partial charge in [0.05, 0.1) is 0 Å². The summed E-state index contributed by atoms with van der Waals surface area (Å²) in [5.41, 5.74) is 9.11. The Morgan fingerprint density at radius 3 is 2.42 bits per heavy atom. The molecule has 1 fully saturated rings. The highest BCUT2D eigenvalue weighted by Gasteiger charge is 2.28. The van der Waals surface area contributed by atoms with E-state index in [2.05, 4.69) is 5.10 Å². The number of benzene rings is 2. The Kier molecular flexibility index (Phi) is 7.28. The number of H-pyrrole nitrogens is 1. The van der Waals surface area contributed by atoms with E-state index in [-0.39, 0.29) is 11.8 Å². The number of aromatic nitrogens is 3. The molecule has 3 heterocycles. The number of hydrogen-bond acceptors (Lipinski definition) is 5. The SMILES string of the molecule is CN(C)CC=CC(=O)N1CCC(c2c[nH]n3c(C(N)=O)c(-c4ccc(Oc5ccccc5)cc4)nc23)CC1. The molecule has 0 unspecified atom stereocenters. The molecule has 0 bridgehead atoms. The van der Waals surface area contributed by atoms with Crippen molar-refractivity contribution >= 4 is 17.5 Å². The van der Waals surface area contributed by atoms with E-state index in [0.29, 0.717) is 35.9 Å². The van der Waals surface area contributed by atoms with Crippen LogP contribution in [-0.4, -0.2) is 69.9 Å². The highest BCUT2D eigenvalue weighted by Crippen LogP contribution is 2.34. The van der Waals surface area contributed by atoms with Gasteiger partial charge in [-0.05, 0) is 69.3 Å². The molecule has 1 saturated heterocycles. The number of ether oxygens (including phenoxy) is 1. The second-order valence-electron chi connectivity index (χ2n) is 9.76. The van der Waals surface area contributed by atoms with Gasteiger partial charge in [-0.15, -0.1) is 0 Å². The third kappa shape index (κ3) is 5.33. The molecule has 2 amide bonds. The molecular formula is C29H32N6O3. The Bertz CT molecular complexity index is 1440. The molecule has 0 atom stereocenters. The van der Waals surface area contributed by atoms with E-state index in [1.165, 1.54) is 0 Å². The molecule has 4 aromatic rings. The quantitative estimate of drug-likeness (QED) is 0.346. The number of fused-ring (bicyclic) bond motifs is 1. The largest absolute Gasteiger partial charge is 0.457 e. The minimum Gasteiger partial charge on any atom is -0.457 e. The number of nitrogens with one attached hydrogen (secondary N) is 1. The fourth-order valence-electron chi connectivity index (χ4n) is 4.85. The van der Waals surface area contributed by atoms with Crippen molar-refractivity contribution in [2.24, 2.45) is 5.73 Å². The van der Waals surface area contributed by atoms with E-state index in [1.54, 1.807) is 10.6 Å². The summed E-state index contributed by atoms with van der Waals surface area (Å²) in [5.74, 6) is 1.13. The van der Waals surface area contributed by atoms with Gasteiger partial charge in [0.1, 0.15) is 17.2 Å². The van der Waals surface area contributed by atoms with Crippen molar-refractivity contribution in [1.29, 1.82) is 0 Å². The molecule has 2 aromatic carbocycles. The van der Waals surface area contributed by atoms with Crippen molar-refractivity contribution in [2.75, 3.05) is 33.7 Å². The van der Waals surface area contributed by atoms with E-state index in [0.717, 1.165) is 36.3 Å². The molecule has 196 valence electrons. The van der Waals surface area contributed by atoms with Crippen LogP contribution in [0.25, 0.3) is 16.9 Å². The number of rotatable bonds is 8. The number of nitrogens with zero attached hydrogens (tertiary/aromatic N) is 4. The zero-order chi connectivity index (χ0) is 26.6. The van der Waals surface area contributed by atoms with Crippen molar-refractivity contribution in [3.05, 3.63) is 84.2 Å². The highest BCUT2D eigenvalue weighted by molar-refractivity contribution is 5.98. The van der Waals surface area contributed by atoms with Crippen molar-refractivity contribution in [2.45, 2.75) is 18.8 Å². The van der Waals surface area contributed by atoms with Crippen LogP contribution in [0.15, 0.2) is 72.9 Å². The molecule has 5 rings (SSSR count). The number of carbonyl (C=O) groups is 2. The van der Waals surface area contributed by atoms with Crippen LogP contribution in [0.3, 0.4) is 0 Å². The average Bonchev–Trinajstić information content (AvgIpc) is 3.49. The zero-order valence-electron chi connectivity index (χ0n) is 21.6. The minimum atomic E-state index is -0.560. The minimum absolute atomic E-state index is 0.0447. The van der Waals surface area contributed by atoms with E-state index in [4.69, 9.17) is 15.5 Å². The molecular weight excluding hydrogens is 480 g/mol. The van der Waals surface area contributed by atoms with E-state index >= 15 is 0 Å². The number of carbonyl (C=O) groups excluding carboxylic acids is 2. The Morgan fingerprint density at radius 1 is 1.08 bits per heavy atom. The molecule has 0 saturated carbocycles. The molecule has 9 nitrogen and oxygen atoms in total. The lowest BCUT2D eigenvalue weighted by Gasteiger charge is -2.31. The fourth-order valence-corrected chi connectivity index (χ4v) is 4.85. The molecule has 9 heteroatoms. The maximum atomic E-state index is 12.5. The lowest BCUT2D eigenvalue weighted by atomic mass is 9.91. The van der Waals surface area contributed by atoms with Gasteiger partial charge >= 0.3 is 0 Å². The predicted molar refractivity (Wildman–Crippen MR) is 146 cm³/mol. The predicted octanol–water partition coefficient (Wildman–Crippen LogP) is 4.04. The number of primary amides is 1. The monoisotopic (exact) mass is 512 g/mol. The van der Waals surface area contributed by atoms with Crippen LogP contribution >= 0.6 is 0 Å². The number of amides is 2. The van der Waals surface area contributed by atoms with Crippen molar-refractivity contribution in [3.63, 3.8) is 0 Å². The standard InChI is InChI=1S/C29H32N6O3/c1-33(2)16-6-9-25(36)34-17-14-20(15-18-34)24-19-31-35-27(28(30)37)26(32-29(24)35)21-10-12-23(13-11-21)38-22-7-4-3-5-8-22/h3-13,19-20,31H,14-18H2,1-2H3,(H2,30,37). The van der Waals surface area contributed by atoms with Crippen LogP contribution < -0.4 is 10.5 Å². The first-order valence-electron chi connectivity index (χ1n) is 12.7. The third-order valence-electron chi connectivity index (χ3n) is 6.80. The Labute approximate surface area is 221 Å². The summed E-state index contributed by atoms with van der Waals surface area (Å²) >= 11 is 0. The molecule has 0 aliphatic carbocycles. The molecule has 0 spiro atoms. The topological polar surface area (TPSA) is 109 Å². The average molecular weight is 513 g/mol. The number of likely N-dealkylation sites (N-methyl/N-ethyl adjacent to an activating group) is 1. The molecule has 0 radical (unpaired) electrons. The van der Waals surface area contributed by atoms with Crippen LogP contribution in [-0.2, 0) is 4.79 Å². The first kappa shape index (κ1) is 25.3. The highest BCUT2D eigenvalue weighted by atomic mass is 16.5. The van der Waals surface area contributed by atoms with Crippen molar-refractivity contribution in [1.82, 2.24) is 24.4 Å². The van der Waals surface area contributed by atoms with Gasteiger partial charge < -0.3 is 20.3 Å². The summed E-state index contributed by atoms with van der Waals surface area (Å²) < 4.78 is 7.56. The van der Waals surface area contributed by atoms with Crippen LogP contribution in [0.4, 0.5) is 0 Å². The van der Waals surface area contributed by atoms with Gasteiger partial charge in [0, 0.05) is 43.0 Å². The summed E-state index contributed by atoms with van der Waals surface area (Å²) in [7, 11) is 3.94. The first-order valence-corrected chi connectivity index (χ1v) is 12.7. The van der Waals surface area contributed by atoms with Gasteiger partial charge in [0.15, 0.2) is 11.3 Å². The Hall–Kier alpha value is -4.37. The number of nitrogens with two attached hydrogens (primary N) is 1. The van der Waals surface area contributed by atoms with E-state index < -0.39 is 5.91 Å². The molecule has 1 aliphatic rings. The number of piperidine rings is 1. The molecule has 1 aliphatic heterocycles. The van der Waals surface area contributed by atoms with Gasteiger partial charge in [0.25, 0.3) is 5.91 Å². The summed E-state index contributed by atoms with van der Waals surface area (Å²) in [6.45, 7) is 2.08. The van der Waals surface area contributed by atoms with Crippen molar-refractivity contribution in [3.8, 4) is 22.8 Å². The number of likely N-dealkylation sites (tertiary alicyclic amines) is 1. The van der Waals surface area contributed by atoms with Crippen LogP contribution in [0, 0.1) is 0 Å². The molecule has 3 N–H and O–H groups in total. The number of hydrogen-bond donors (Lipinski definition) is 2.